The van der Waals surface area contributed by atoms with Crippen LogP contribution in [-0.2, 0) is 26.2 Å². The molecule has 0 unspecified atom stereocenters. The quantitative estimate of drug-likeness (QED) is 0.279. The Hall–Kier alpha value is -3.56. The van der Waals surface area contributed by atoms with Gasteiger partial charge in [-0.1, -0.05) is 74.2 Å². The fourth-order valence-corrected chi connectivity index (χ4v) is 6.82. The van der Waals surface area contributed by atoms with E-state index in [-0.39, 0.29) is 29.1 Å². The number of sulfonamides is 1. The topological polar surface area (TPSA) is 96.0 Å². The first-order valence-corrected chi connectivity index (χ1v) is 16.1. The van der Waals surface area contributed by atoms with Gasteiger partial charge < -0.3 is 15.0 Å². The molecule has 224 valence electrons. The second kappa shape index (κ2) is 14.6. The highest BCUT2D eigenvalue weighted by Gasteiger charge is 2.34. The first-order chi connectivity index (χ1) is 20.2. The molecule has 0 aromatic heterocycles. The minimum absolute atomic E-state index is 0.0481. The summed E-state index contributed by atoms with van der Waals surface area (Å²) in [4.78, 5) is 29.4. The molecule has 1 aliphatic carbocycles. The Kier molecular flexibility index (Phi) is 10.9. The van der Waals surface area contributed by atoms with E-state index in [0.29, 0.717) is 17.2 Å². The molecule has 1 saturated carbocycles. The number of benzene rings is 3. The van der Waals surface area contributed by atoms with Crippen LogP contribution in [-0.4, -0.2) is 50.9 Å². The molecule has 1 fully saturated rings. The lowest BCUT2D eigenvalue weighted by molar-refractivity contribution is -0.140. The second-order valence-corrected chi connectivity index (χ2v) is 12.7. The van der Waals surface area contributed by atoms with Gasteiger partial charge in [-0.3, -0.25) is 13.9 Å². The van der Waals surface area contributed by atoms with Crippen LogP contribution in [0.5, 0.6) is 5.75 Å². The first-order valence-electron chi connectivity index (χ1n) is 14.3. The third-order valence-corrected chi connectivity index (χ3v) is 9.60. The van der Waals surface area contributed by atoms with Crippen molar-refractivity contribution in [1.82, 2.24) is 10.2 Å². The predicted molar refractivity (Wildman–Crippen MR) is 165 cm³/mol. The number of nitrogens with zero attached hydrogens (tertiary/aromatic N) is 2. The van der Waals surface area contributed by atoms with E-state index in [1.165, 1.54) is 24.1 Å². The molecule has 1 N–H and O–H groups in total. The Labute approximate surface area is 253 Å². The number of halogens is 1. The van der Waals surface area contributed by atoms with Crippen molar-refractivity contribution in [2.24, 2.45) is 0 Å². The van der Waals surface area contributed by atoms with E-state index >= 15 is 0 Å². The third kappa shape index (κ3) is 7.83. The van der Waals surface area contributed by atoms with Gasteiger partial charge in [-0.25, -0.2) is 8.42 Å². The largest absolute Gasteiger partial charge is 0.497 e. The Morgan fingerprint density at radius 1 is 0.976 bits per heavy atom. The maximum atomic E-state index is 14.2. The number of anilines is 1. The van der Waals surface area contributed by atoms with Gasteiger partial charge in [-0.05, 0) is 61.2 Å². The smallest absolute Gasteiger partial charge is 0.264 e. The maximum Gasteiger partial charge on any atom is 0.264 e. The summed E-state index contributed by atoms with van der Waals surface area (Å²) in [7, 11) is -2.66. The van der Waals surface area contributed by atoms with Gasteiger partial charge in [-0.2, -0.15) is 0 Å². The Morgan fingerprint density at radius 3 is 2.31 bits per heavy atom. The third-order valence-electron chi connectivity index (χ3n) is 7.56. The van der Waals surface area contributed by atoms with E-state index < -0.39 is 28.5 Å². The molecule has 3 aromatic carbocycles. The summed E-state index contributed by atoms with van der Waals surface area (Å²) in [6.07, 6.45) is 5.45. The van der Waals surface area contributed by atoms with Crippen LogP contribution in [0.25, 0.3) is 0 Å². The van der Waals surface area contributed by atoms with Crippen LogP contribution < -0.4 is 14.4 Å². The number of ether oxygens (including phenoxy) is 1. The van der Waals surface area contributed by atoms with Crippen LogP contribution >= 0.6 is 11.6 Å². The van der Waals surface area contributed by atoms with Crippen LogP contribution in [0, 0.1) is 0 Å². The summed E-state index contributed by atoms with van der Waals surface area (Å²) in [6, 6.07) is 20.9. The van der Waals surface area contributed by atoms with Crippen molar-refractivity contribution in [3.8, 4) is 5.75 Å². The standard InChI is InChI=1S/C32H38ClN3O5S/c1-3-30(32(38)34-26-11-6-4-7-12-26)35(22-24-17-19-25(33)20-18-24)31(37)23-36(27-13-10-14-28(21-27)41-2)42(39,40)29-15-8-5-9-16-29/h5,8-10,13-21,26,30H,3-4,6-7,11-12,22-23H2,1-2H3,(H,34,38)/t30-/m1/s1. The number of amides is 2. The van der Waals surface area contributed by atoms with Gasteiger partial charge in [0.15, 0.2) is 0 Å². The molecule has 10 heteroatoms. The Morgan fingerprint density at radius 2 is 1.67 bits per heavy atom. The van der Waals surface area contributed by atoms with E-state index in [1.807, 2.05) is 6.92 Å². The zero-order chi connectivity index (χ0) is 30.1. The Balaban J connectivity index is 1.70. The lowest BCUT2D eigenvalue weighted by atomic mass is 9.95. The van der Waals surface area contributed by atoms with Gasteiger partial charge in [0, 0.05) is 23.7 Å². The molecule has 0 aliphatic heterocycles. The van der Waals surface area contributed by atoms with Gasteiger partial charge in [0.1, 0.15) is 18.3 Å². The second-order valence-electron chi connectivity index (χ2n) is 10.4. The molecule has 8 nitrogen and oxygen atoms in total. The highest BCUT2D eigenvalue weighted by atomic mass is 35.5. The minimum atomic E-state index is -4.15. The van der Waals surface area contributed by atoms with Crippen molar-refractivity contribution in [3.05, 3.63) is 89.4 Å². The van der Waals surface area contributed by atoms with Crippen LogP contribution in [0.2, 0.25) is 5.02 Å². The lowest BCUT2D eigenvalue weighted by Gasteiger charge is -2.34. The zero-order valence-corrected chi connectivity index (χ0v) is 25.6. The van der Waals surface area contributed by atoms with Crippen molar-refractivity contribution in [2.45, 2.75) is 69.0 Å². The number of carbonyl (C=O) groups excluding carboxylic acids is 2. The molecule has 4 rings (SSSR count). The summed E-state index contributed by atoms with van der Waals surface area (Å²) >= 11 is 6.10. The highest BCUT2D eigenvalue weighted by molar-refractivity contribution is 7.92. The zero-order valence-electron chi connectivity index (χ0n) is 24.0. The predicted octanol–water partition coefficient (Wildman–Crippen LogP) is 5.80. The number of hydrogen-bond acceptors (Lipinski definition) is 5. The summed E-state index contributed by atoms with van der Waals surface area (Å²) < 4.78 is 34.3. The van der Waals surface area contributed by atoms with E-state index in [9.17, 15) is 18.0 Å². The summed E-state index contributed by atoms with van der Waals surface area (Å²) in [5, 5.41) is 3.71. The monoisotopic (exact) mass is 611 g/mol. The fraction of sp³-hybridized carbons (Fsp3) is 0.375. The van der Waals surface area contributed by atoms with Crippen molar-refractivity contribution in [2.75, 3.05) is 18.0 Å². The summed E-state index contributed by atoms with van der Waals surface area (Å²) in [5.41, 5.74) is 1.05. The molecule has 2 amide bonds. The van der Waals surface area contributed by atoms with Crippen molar-refractivity contribution < 1.29 is 22.7 Å². The van der Waals surface area contributed by atoms with Gasteiger partial charge >= 0.3 is 0 Å². The average molecular weight is 612 g/mol. The van der Waals surface area contributed by atoms with E-state index in [2.05, 4.69) is 5.32 Å². The molecule has 0 saturated heterocycles. The molecule has 0 bridgehead atoms. The van der Waals surface area contributed by atoms with Crippen molar-refractivity contribution in [3.63, 3.8) is 0 Å². The first kappa shape index (κ1) is 31.4. The average Bonchev–Trinajstić information content (AvgIpc) is 3.01. The molecule has 1 atom stereocenters. The number of methoxy groups -OCH3 is 1. The van der Waals surface area contributed by atoms with E-state index in [0.717, 1.165) is 42.0 Å². The molecule has 1 aliphatic rings. The Bertz CT molecular complexity index is 1440. The maximum absolute atomic E-state index is 14.2. The van der Waals surface area contributed by atoms with Crippen LogP contribution in [0.15, 0.2) is 83.8 Å². The summed E-state index contributed by atoms with van der Waals surface area (Å²) in [6.45, 7) is 1.46. The van der Waals surface area contributed by atoms with Crippen molar-refractivity contribution in [1.29, 1.82) is 0 Å². The normalized spacial score (nSPS) is 14.5. The summed E-state index contributed by atoms with van der Waals surface area (Å²) in [5.74, 6) is -0.284. The lowest BCUT2D eigenvalue weighted by Crippen LogP contribution is -2.54. The van der Waals surface area contributed by atoms with Gasteiger partial charge in [0.25, 0.3) is 10.0 Å². The number of carbonyl (C=O) groups is 2. The molecular weight excluding hydrogens is 574 g/mol. The fourth-order valence-electron chi connectivity index (χ4n) is 5.26. The van der Waals surface area contributed by atoms with Gasteiger partial charge in [0.05, 0.1) is 17.7 Å². The molecule has 0 radical (unpaired) electrons. The SMILES string of the molecule is CC[C@H](C(=O)NC1CCCCC1)N(Cc1ccc(Cl)cc1)C(=O)CN(c1cccc(OC)c1)S(=O)(=O)c1ccccc1. The number of hydrogen-bond donors (Lipinski definition) is 1. The highest BCUT2D eigenvalue weighted by Crippen LogP contribution is 2.28. The molecule has 0 heterocycles. The van der Waals surface area contributed by atoms with Crippen LogP contribution in [0.3, 0.4) is 0 Å². The van der Waals surface area contributed by atoms with Crippen LogP contribution in [0.1, 0.15) is 51.0 Å². The van der Waals surface area contributed by atoms with E-state index in [1.54, 1.807) is 66.7 Å². The molecular formula is C32H38ClN3O5S. The molecule has 0 spiro atoms. The number of rotatable bonds is 12. The van der Waals surface area contributed by atoms with Gasteiger partial charge in [-0.15, -0.1) is 0 Å². The van der Waals surface area contributed by atoms with E-state index in [4.69, 9.17) is 16.3 Å². The molecule has 42 heavy (non-hydrogen) atoms. The van der Waals surface area contributed by atoms with Gasteiger partial charge in [0.2, 0.25) is 11.8 Å². The number of nitrogens with one attached hydrogen (secondary N) is 1. The van der Waals surface area contributed by atoms with Crippen molar-refractivity contribution >= 4 is 39.1 Å². The van der Waals surface area contributed by atoms with Crippen LogP contribution in [0.4, 0.5) is 5.69 Å². The molecule has 3 aromatic rings. The minimum Gasteiger partial charge on any atom is -0.497 e.